The van der Waals surface area contributed by atoms with E-state index in [1.807, 2.05) is 4.90 Å². The van der Waals surface area contributed by atoms with Gasteiger partial charge in [-0.25, -0.2) is 0 Å². The van der Waals surface area contributed by atoms with Crippen LogP contribution in [-0.4, -0.2) is 49.7 Å². The Morgan fingerprint density at radius 3 is 2.67 bits per heavy atom. The van der Waals surface area contributed by atoms with Crippen molar-refractivity contribution in [3.8, 4) is 0 Å². The highest BCUT2D eigenvalue weighted by molar-refractivity contribution is 5.77. The Balaban J connectivity index is 1.68. The molecule has 1 amide bonds. The summed E-state index contributed by atoms with van der Waals surface area (Å²) in [4.78, 5) is 14.0. The van der Waals surface area contributed by atoms with E-state index in [1.165, 1.54) is 0 Å². The number of rotatable bonds is 4. The van der Waals surface area contributed by atoms with Gasteiger partial charge in [-0.05, 0) is 44.2 Å². The SMILES string of the molecule is CC(C)C1CCN(C(=O)COC2CCNCC2)C1. The standard InChI is InChI=1S/C14H26N2O2/c1-11(2)12-5-8-16(9-12)14(17)10-18-13-3-6-15-7-4-13/h11-13,15H,3-10H2,1-2H3. The Morgan fingerprint density at radius 1 is 1.33 bits per heavy atom. The number of ether oxygens (including phenoxy) is 1. The third-order valence-corrected chi connectivity index (χ3v) is 4.25. The van der Waals surface area contributed by atoms with Crippen molar-refractivity contribution in [2.24, 2.45) is 11.8 Å². The monoisotopic (exact) mass is 254 g/mol. The fourth-order valence-corrected chi connectivity index (χ4v) is 2.80. The Hall–Kier alpha value is -0.610. The molecule has 0 radical (unpaired) electrons. The molecule has 0 aliphatic carbocycles. The molecule has 2 saturated heterocycles. The molecular formula is C14H26N2O2. The second-order valence-corrected chi connectivity index (χ2v) is 5.89. The molecule has 0 bridgehead atoms. The van der Waals surface area contributed by atoms with Gasteiger partial charge in [-0.1, -0.05) is 13.8 Å². The van der Waals surface area contributed by atoms with Gasteiger partial charge >= 0.3 is 0 Å². The molecule has 0 aromatic heterocycles. The van der Waals surface area contributed by atoms with Gasteiger partial charge in [0.2, 0.25) is 5.91 Å². The summed E-state index contributed by atoms with van der Waals surface area (Å²) < 4.78 is 5.72. The number of nitrogens with one attached hydrogen (secondary N) is 1. The summed E-state index contributed by atoms with van der Waals surface area (Å²) in [5.41, 5.74) is 0. The molecular weight excluding hydrogens is 228 g/mol. The highest BCUT2D eigenvalue weighted by atomic mass is 16.5. The molecule has 1 unspecified atom stereocenters. The third-order valence-electron chi connectivity index (χ3n) is 4.25. The largest absolute Gasteiger partial charge is 0.368 e. The zero-order valence-electron chi connectivity index (χ0n) is 11.7. The number of hydrogen-bond donors (Lipinski definition) is 1. The average Bonchev–Trinajstić information content (AvgIpc) is 2.87. The van der Waals surface area contributed by atoms with E-state index in [0.717, 1.165) is 45.4 Å². The van der Waals surface area contributed by atoms with Crippen LogP contribution >= 0.6 is 0 Å². The van der Waals surface area contributed by atoms with Crippen LogP contribution in [0.5, 0.6) is 0 Å². The molecule has 18 heavy (non-hydrogen) atoms. The van der Waals surface area contributed by atoms with Gasteiger partial charge < -0.3 is 15.0 Å². The molecule has 2 heterocycles. The smallest absolute Gasteiger partial charge is 0.248 e. The van der Waals surface area contributed by atoms with Crippen molar-refractivity contribution < 1.29 is 9.53 Å². The normalized spacial score (nSPS) is 25.9. The summed E-state index contributed by atoms with van der Waals surface area (Å²) in [6, 6.07) is 0. The fourth-order valence-electron chi connectivity index (χ4n) is 2.80. The molecule has 0 aromatic carbocycles. The summed E-state index contributed by atoms with van der Waals surface area (Å²) in [5, 5.41) is 3.30. The van der Waals surface area contributed by atoms with Crippen molar-refractivity contribution in [2.45, 2.75) is 39.2 Å². The van der Waals surface area contributed by atoms with Crippen molar-refractivity contribution in [2.75, 3.05) is 32.8 Å². The maximum absolute atomic E-state index is 12.0. The quantitative estimate of drug-likeness (QED) is 0.821. The number of hydrogen-bond acceptors (Lipinski definition) is 3. The first-order valence-electron chi connectivity index (χ1n) is 7.27. The summed E-state index contributed by atoms with van der Waals surface area (Å²) in [6.07, 6.45) is 3.49. The third kappa shape index (κ3) is 3.69. The van der Waals surface area contributed by atoms with Gasteiger partial charge in [0.1, 0.15) is 6.61 Å². The molecule has 0 saturated carbocycles. The maximum Gasteiger partial charge on any atom is 0.248 e. The van der Waals surface area contributed by atoms with E-state index in [0.29, 0.717) is 11.8 Å². The summed E-state index contributed by atoms with van der Waals surface area (Å²) >= 11 is 0. The van der Waals surface area contributed by atoms with Crippen LogP contribution < -0.4 is 5.32 Å². The Labute approximate surface area is 110 Å². The molecule has 2 aliphatic rings. The molecule has 4 nitrogen and oxygen atoms in total. The van der Waals surface area contributed by atoms with Gasteiger partial charge in [-0.2, -0.15) is 0 Å². The van der Waals surface area contributed by atoms with E-state index in [2.05, 4.69) is 19.2 Å². The fraction of sp³-hybridized carbons (Fsp3) is 0.929. The lowest BCUT2D eigenvalue weighted by Gasteiger charge is -2.24. The van der Waals surface area contributed by atoms with E-state index in [4.69, 9.17) is 4.74 Å². The predicted octanol–water partition coefficient (Wildman–Crippen LogP) is 1.26. The highest BCUT2D eigenvalue weighted by Gasteiger charge is 2.28. The molecule has 2 aliphatic heterocycles. The van der Waals surface area contributed by atoms with Gasteiger partial charge in [0.05, 0.1) is 6.10 Å². The average molecular weight is 254 g/mol. The van der Waals surface area contributed by atoms with Gasteiger partial charge in [0, 0.05) is 13.1 Å². The van der Waals surface area contributed by atoms with Crippen molar-refractivity contribution in [3.63, 3.8) is 0 Å². The lowest BCUT2D eigenvalue weighted by atomic mass is 9.95. The Bertz CT molecular complexity index is 275. The first kappa shape index (κ1) is 13.8. The zero-order chi connectivity index (χ0) is 13.0. The first-order valence-corrected chi connectivity index (χ1v) is 7.27. The van der Waals surface area contributed by atoms with E-state index in [9.17, 15) is 4.79 Å². The number of piperidine rings is 1. The minimum Gasteiger partial charge on any atom is -0.368 e. The lowest BCUT2D eigenvalue weighted by Crippen LogP contribution is -2.37. The summed E-state index contributed by atoms with van der Waals surface area (Å²) in [7, 11) is 0. The van der Waals surface area contributed by atoms with Crippen LogP contribution in [0.1, 0.15) is 33.1 Å². The van der Waals surface area contributed by atoms with Crippen LogP contribution in [0.4, 0.5) is 0 Å². The van der Waals surface area contributed by atoms with Gasteiger partial charge in [0.25, 0.3) is 0 Å². The molecule has 1 atom stereocenters. The first-order chi connectivity index (χ1) is 8.66. The topological polar surface area (TPSA) is 41.6 Å². The number of carbonyl (C=O) groups excluding carboxylic acids is 1. The Morgan fingerprint density at radius 2 is 2.06 bits per heavy atom. The van der Waals surface area contributed by atoms with E-state index < -0.39 is 0 Å². The molecule has 4 heteroatoms. The number of carbonyl (C=O) groups is 1. The molecule has 0 spiro atoms. The van der Waals surface area contributed by atoms with Crippen molar-refractivity contribution >= 4 is 5.91 Å². The van der Waals surface area contributed by atoms with E-state index >= 15 is 0 Å². The van der Waals surface area contributed by atoms with Gasteiger partial charge in [0.15, 0.2) is 0 Å². The number of nitrogens with zero attached hydrogens (tertiary/aromatic N) is 1. The van der Waals surface area contributed by atoms with Crippen LogP contribution in [0.3, 0.4) is 0 Å². The second-order valence-electron chi connectivity index (χ2n) is 5.89. The van der Waals surface area contributed by atoms with Crippen LogP contribution in [0.15, 0.2) is 0 Å². The van der Waals surface area contributed by atoms with Crippen LogP contribution in [0.25, 0.3) is 0 Å². The Kier molecular flexibility index (Phi) is 5.01. The molecule has 0 aromatic rings. The number of likely N-dealkylation sites (tertiary alicyclic amines) is 1. The summed E-state index contributed by atoms with van der Waals surface area (Å²) in [6.45, 7) is 8.61. The van der Waals surface area contributed by atoms with E-state index in [1.54, 1.807) is 0 Å². The minimum absolute atomic E-state index is 0.177. The molecule has 104 valence electrons. The van der Waals surface area contributed by atoms with E-state index in [-0.39, 0.29) is 18.6 Å². The van der Waals surface area contributed by atoms with Gasteiger partial charge in [-0.15, -0.1) is 0 Å². The van der Waals surface area contributed by atoms with Crippen molar-refractivity contribution in [1.82, 2.24) is 10.2 Å². The molecule has 2 fully saturated rings. The van der Waals surface area contributed by atoms with Crippen molar-refractivity contribution in [3.05, 3.63) is 0 Å². The highest BCUT2D eigenvalue weighted by Crippen LogP contribution is 2.23. The molecule has 2 rings (SSSR count). The van der Waals surface area contributed by atoms with Crippen LogP contribution in [0, 0.1) is 11.8 Å². The van der Waals surface area contributed by atoms with Crippen LogP contribution in [0.2, 0.25) is 0 Å². The number of amides is 1. The predicted molar refractivity (Wildman–Crippen MR) is 71.4 cm³/mol. The van der Waals surface area contributed by atoms with Crippen molar-refractivity contribution in [1.29, 1.82) is 0 Å². The van der Waals surface area contributed by atoms with Crippen LogP contribution in [-0.2, 0) is 9.53 Å². The van der Waals surface area contributed by atoms with Gasteiger partial charge in [-0.3, -0.25) is 4.79 Å². The minimum atomic E-state index is 0.177. The maximum atomic E-state index is 12.0. The lowest BCUT2D eigenvalue weighted by molar-refractivity contribution is -0.137. The second kappa shape index (κ2) is 6.53. The summed E-state index contributed by atoms with van der Waals surface area (Å²) in [5.74, 6) is 1.53. The zero-order valence-corrected chi connectivity index (χ0v) is 11.7. The molecule has 1 N–H and O–H groups in total.